The van der Waals surface area contributed by atoms with Crippen molar-refractivity contribution in [3.63, 3.8) is 0 Å². The molecule has 1 aliphatic heterocycles. The molecule has 0 radical (unpaired) electrons. The van der Waals surface area contributed by atoms with Gasteiger partial charge in [0.25, 0.3) is 0 Å². The fraction of sp³-hybridized carbons (Fsp3) is 0.909. The van der Waals surface area contributed by atoms with Gasteiger partial charge in [-0.1, -0.05) is 0 Å². The van der Waals surface area contributed by atoms with Gasteiger partial charge in [-0.3, -0.25) is 4.79 Å². The molecule has 1 heterocycles. The number of aliphatic hydroxyl groups is 1. The molecule has 4 nitrogen and oxygen atoms in total. The van der Waals surface area contributed by atoms with Crippen molar-refractivity contribution in [3.8, 4) is 0 Å². The first-order valence-corrected chi connectivity index (χ1v) is 5.58. The van der Waals surface area contributed by atoms with Crippen molar-refractivity contribution in [3.05, 3.63) is 0 Å². The summed E-state index contributed by atoms with van der Waals surface area (Å²) in [6, 6.07) is 0. The minimum absolute atomic E-state index is 0.0477. The summed E-state index contributed by atoms with van der Waals surface area (Å²) in [6.07, 6.45) is 2.49. The van der Waals surface area contributed by atoms with Crippen molar-refractivity contribution < 1.29 is 14.6 Å². The van der Waals surface area contributed by atoms with Gasteiger partial charge in [0.2, 0.25) is 5.91 Å². The van der Waals surface area contributed by atoms with Gasteiger partial charge in [-0.05, 0) is 26.7 Å². The number of amides is 1. The van der Waals surface area contributed by atoms with Gasteiger partial charge in [0.05, 0.1) is 18.8 Å². The first-order chi connectivity index (χ1) is 7.05. The average Bonchev–Trinajstić information content (AvgIpc) is 2.58. The Morgan fingerprint density at radius 2 is 2.27 bits per heavy atom. The molecule has 1 rings (SSSR count). The second-order valence-corrected chi connectivity index (χ2v) is 4.57. The number of carbonyl (C=O) groups excluding carboxylic acids is 1. The molecule has 0 atom stereocenters. The number of rotatable bonds is 6. The molecule has 1 aliphatic rings. The Morgan fingerprint density at radius 1 is 1.53 bits per heavy atom. The van der Waals surface area contributed by atoms with E-state index in [0.717, 1.165) is 25.9 Å². The summed E-state index contributed by atoms with van der Waals surface area (Å²) in [5, 5.41) is 8.66. The van der Waals surface area contributed by atoms with E-state index in [1.807, 2.05) is 18.7 Å². The van der Waals surface area contributed by atoms with E-state index in [1.165, 1.54) is 0 Å². The number of hydrogen-bond donors (Lipinski definition) is 1. The highest BCUT2D eigenvalue weighted by Gasteiger charge is 2.24. The molecule has 1 saturated heterocycles. The van der Waals surface area contributed by atoms with Crippen LogP contribution < -0.4 is 0 Å². The van der Waals surface area contributed by atoms with E-state index in [0.29, 0.717) is 13.0 Å². The predicted molar refractivity (Wildman–Crippen MR) is 57.5 cm³/mol. The van der Waals surface area contributed by atoms with Crippen molar-refractivity contribution in [2.75, 3.05) is 26.3 Å². The van der Waals surface area contributed by atoms with Gasteiger partial charge >= 0.3 is 0 Å². The Hall–Kier alpha value is -0.610. The zero-order valence-corrected chi connectivity index (χ0v) is 9.66. The average molecular weight is 215 g/mol. The Bertz CT molecular complexity index is 216. The van der Waals surface area contributed by atoms with Crippen LogP contribution in [0.5, 0.6) is 0 Å². The summed E-state index contributed by atoms with van der Waals surface area (Å²) < 4.78 is 5.49. The minimum Gasteiger partial charge on any atom is -0.394 e. The van der Waals surface area contributed by atoms with Crippen molar-refractivity contribution in [1.29, 1.82) is 0 Å². The number of nitrogens with zero attached hydrogens (tertiary/aromatic N) is 1. The highest BCUT2D eigenvalue weighted by Crippen LogP contribution is 2.17. The molecule has 4 heteroatoms. The van der Waals surface area contributed by atoms with E-state index < -0.39 is 0 Å². The van der Waals surface area contributed by atoms with Crippen LogP contribution in [0.2, 0.25) is 0 Å². The van der Waals surface area contributed by atoms with E-state index in [2.05, 4.69) is 0 Å². The lowest BCUT2D eigenvalue weighted by Crippen LogP contribution is -2.34. The molecule has 0 aliphatic carbocycles. The van der Waals surface area contributed by atoms with Gasteiger partial charge in [-0.25, -0.2) is 0 Å². The van der Waals surface area contributed by atoms with Gasteiger partial charge in [0, 0.05) is 19.5 Å². The van der Waals surface area contributed by atoms with Gasteiger partial charge in [-0.15, -0.1) is 0 Å². The number of ether oxygens (including phenoxy) is 1. The quantitative estimate of drug-likeness (QED) is 0.712. The van der Waals surface area contributed by atoms with Crippen molar-refractivity contribution >= 4 is 5.91 Å². The summed E-state index contributed by atoms with van der Waals surface area (Å²) >= 11 is 0. The Labute approximate surface area is 91.2 Å². The summed E-state index contributed by atoms with van der Waals surface area (Å²) in [7, 11) is 0. The van der Waals surface area contributed by atoms with E-state index in [1.54, 1.807) is 0 Å². The van der Waals surface area contributed by atoms with E-state index in [9.17, 15) is 4.79 Å². The normalized spacial score (nSPS) is 17.5. The summed E-state index contributed by atoms with van der Waals surface area (Å²) in [6.45, 7) is 6.03. The number of hydrogen-bond acceptors (Lipinski definition) is 3. The molecule has 1 amide bonds. The molecule has 0 unspecified atom stereocenters. The van der Waals surface area contributed by atoms with Crippen LogP contribution in [-0.2, 0) is 9.53 Å². The zero-order chi connectivity index (χ0) is 11.3. The van der Waals surface area contributed by atoms with Crippen LogP contribution in [0.15, 0.2) is 0 Å². The summed E-state index contributed by atoms with van der Waals surface area (Å²) in [4.78, 5) is 13.2. The Kier molecular flexibility index (Phi) is 4.54. The largest absolute Gasteiger partial charge is 0.394 e. The minimum atomic E-state index is -0.258. The summed E-state index contributed by atoms with van der Waals surface area (Å²) in [5.41, 5.74) is -0.258. The third-order valence-corrected chi connectivity index (χ3v) is 2.74. The second-order valence-electron chi connectivity index (χ2n) is 4.57. The maximum absolute atomic E-state index is 11.4. The van der Waals surface area contributed by atoms with Crippen LogP contribution in [0.3, 0.4) is 0 Å². The molecule has 15 heavy (non-hydrogen) atoms. The fourth-order valence-electron chi connectivity index (χ4n) is 1.74. The second kappa shape index (κ2) is 5.47. The lowest BCUT2D eigenvalue weighted by atomic mass is 10.1. The molecule has 0 aromatic heterocycles. The topological polar surface area (TPSA) is 49.8 Å². The highest BCUT2D eigenvalue weighted by molar-refractivity contribution is 5.77. The van der Waals surface area contributed by atoms with Gasteiger partial charge in [0.1, 0.15) is 0 Å². The van der Waals surface area contributed by atoms with Crippen LogP contribution in [0.25, 0.3) is 0 Å². The summed E-state index contributed by atoms with van der Waals surface area (Å²) in [5.74, 6) is 0.257. The van der Waals surface area contributed by atoms with Gasteiger partial charge in [-0.2, -0.15) is 0 Å². The van der Waals surface area contributed by atoms with Crippen molar-refractivity contribution in [1.82, 2.24) is 4.90 Å². The molecule has 0 saturated carbocycles. The van der Waals surface area contributed by atoms with Crippen LogP contribution in [-0.4, -0.2) is 47.8 Å². The van der Waals surface area contributed by atoms with Gasteiger partial charge < -0.3 is 14.7 Å². The lowest BCUT2D eigenvalue weighted by Gasteiger charge is -2.27. The maximum Gasteiger partial charge on any atom is 0.222 e. The first kappa shape index (κ1) is 12.5. The number of aliphatic hydroxyl groups excluding tert-OH is 1. The third-order valence-electron chi connectivity index (χ3n) is 2.74. The molecule has 88 valence electrons. The zero-order valence-electron chi connectivity index (χ0n) is 9.66. The number of carbonyl (C=O) groups is 1. The lowest BCUT2D eigenvalue weighted by molar-refractivity contribution is -0.128. The maximum atomic E-state index is 11.4. The van der Waals surface area contributed by atoms with Crippen LogP contribution >= 0.6 is 0 Å². The molecule has 0 aromatic rings. The Morgan fingerprint density at radius 3 is 2.80 bits per heavy atom. The molecule has 0 aromatic carbocycles. The standard InChI is InChI=1S/C11H21NO3/c1-11(2,15-9-8-13)5-7-12-6-3-4-10(12)14/h13H,3-9H2,1-2H3. The molecule has 1 fully saturated rings. The van der Waals surface area contributed by atoms with Crippen molar-refractivity contribution in [2.45, 2.75) is 38.7 Å². The monoisotopic (exact) mass is 215 g/mol. The van der Waals surface area contributed by atoms with Crippen LogP contribution in [0.4, 0.5) is 0 Å². The SMILES string of the molecule is CC(C)(CCN1CCCC1=O)OCCO. The first-order valence-electron chi connectivity index (χ1n) is 5.58. The van der Waals surface area contributed by atoms with Crippen molar-refractivity contribution in [2.24, 2.45) is 0 Å². The molecular formula is C11H21NO3. The molecule has 0 bridgehead atoms. The molecule has 0 spiro atoms. The van der Waals surface area contributed by atoms with Gasteiger partial charge in [0.15, 0.2) is 0 Å². The van der Waals surface area contributed by atoms with Crippen LogP contribution in [0.1, 0.15) is 33.1 Å². The van der Waals surface area contributed by atoms with E-state index in [4.69, 9.17) is 9.84 Å². The smallest absolute Gasteiger partial charge is 0.222 e. The Balaban J connectivity index is 2.25. The van der Waals surface area contributed by atoms with Crippen LogP contribution in [0, 0.1) is 0 Å². The van der Waals surface area contributed by atoms with E-state index in [-0.39, 0.29) is 18.1 Å². The molecular weight excluding hydrogens is 194 g/mol. The van der Waals surface area contributed by atoms with E-state index >= 15 is 0 Å². The molecule has 1 N–H and O–H groups in total. The third kappa shape index (κ3) is 4.18. The highest BCUT2D eigenvalue weighted by atomic mass is 16.5. The number of likely N-dealkylation sites (tertiary alicyclic amines) is 1. The fourth-order valence-corrected chi connectivity index (χ4v) is 1.74. The predicted octanol–water partition coefficient (Wildman–Crippen LogP) is 0.786.